The Hall–Kier alpha value is -1.92. The Morgan fingerprint density at radius 3 is 1.22 bits per heavy atom. The summed E-state index contributed by atoms with van der Waals surface area (Å²) >= 11 is 0. The standard InChI is InChI=1S/C59H111NO5/c1-3-5-7-9-11-13-15-17-19-21-22-23-25-29-33-37-41-45-49-53-59(64)65-54-50-46-42-38-34-30-26-28-32-36-40-44-48-52-58(63)60-56(55-61)57(62)51-47-43-39-35-31-27-24-20-18-16-14-12-10-8-6-4-2/h17,19,28,32,40,44,56-57,61-62H,3-16,18,20-27,29-31,33-39,41-43,45-55H2,1-2H3,(H,60,63)/b19-17-,32-28-,44-40-. The quantitative estimate of drug-likeness (QED) is 0.0321. The van der Waals surface area contributed by atoms with Crippen molar-refractivity contribution in [3.8, 4) is 0 Å². The molecule has 0 aliphatic heterocycles. The first kappa shape index (κ1) is 63.1. The molecule has 1 amide bonds. The molecule has 382 valence electrons. The van der Waals surface area contributed by atoms with Crippen LogP contribution in [0.3, 0.4) is 0 Å². The van der Waals surface area contributed by atoms with Gasteiger partial charge in [-0.25, -0.2) is 0 Å². The second kappa shape index (κ2) is 54.7. The van der Waals surface area contributed by atoms with Gasteiger partial charge in [-0.1, -0.05) is 256 Å². The van der Waals surface area contributed by atoms with Gasteiger partial charge in [0, 0.05) is 12.8 Å². The zero-order chi connectivity index (χ0) is 47.2. The molecule has 0 aromatic heterocycles. The number of aliphatic hydroxyl groups is 2. The van der Waals surface area contributed by atoms with E-state index in [1.165, 1.54) is 212 Å². The van der Waals surface area contributed by atoms with Crippen LogP contribution in [0.15, 0.2) is 36.5 Å². The maximum atomic E-state index is 12.4. The number of amides is 1. The number of aliphatic hydroxyl groups excluding tert-OH is 2. The summed E-state index contributed by atoms with van der Waals surface area (Å²) in [5, 5.41) is 23.2. The van der Waals surface area contributed by atoms with Crippen molar-refractivity contribution in [1.29, 1.82) is 0 Å². The second-order valence-electron chi connectivity index (χ2n) is 19.6. The number of hydrogen-bond acceptors (Lipinski definition) is 5. The lowest BCUT2D eigenvalue weighted by Gasteiger charge is -2.22. The normalized spacial score (nSPS) is 12.9. The van der Waals surface area contributed by atoms with E-state index in [-0.39, 0.29) is 18.5 Å². The highest BCUT2D eigenvalue weighted by atomic mass is 16.5. The molecule has 6 heteroatoms. The van der Waals surface area contributed by atoms with Crippen LogP contribution in [-0.4, -0.2) is 47.4 Å². The highest BCUT2D eigenvalue weighted by Gasteiger charge is 2.19. The Labute approximate surface area is 404 Å². The maximum absolute atomic E-state index is 12.4. The molecule has 6 nitrogen and oxygen atoms in total. The average molecular weight is 915 g/mol. The summed E-state index contributed by atoms with van der Waals surface area (Å²) in [7, 11) is 0. The minimum absolute atomic E-state index is 0.0174. The van der Waals surface area contributed by atoms with E-state index in [1.807, 2.05) is 6.08 Å². The largest absolute Gasteiger partial charge is 0.466 e. The van der Waals surface area contributed by atoms with Gasteiger partial charge in [-0.2, -0.15) is 0 Å². The lowest BCUT2D eigenvalue weighted by atomic mass is 10.0. The molecular weight excluding hydrogens is 803 g/mol. The van der Waals surface area contributed by atoms with Gasteiger partial charge in [0.1, 0.15) is 0 Å². The molecule has 2 atom stereocenters. The van der Waals surface area contributed by atoms with Crippen LogP contribution >= 0.6 is 0 Å². The molecule has 65 heavy (non-hydrogen) atoms. The molecule has 0 aromatic carbocycles. The Kier molecular flexibility index (Phi) is 53.1. The predicted molar refractivity (Wildman–Crippen MR) is 283 cm³/mol. The van der Waals surface area contributed by atoms with E-state index in [2.05, 4.69) is 49.5 Å². The highest BCUT2D eigenvalue weighted by Crippen LogP contribution is 2.17. The summed E-state index contributed by atoms with van der Waals surface area (Å²) in [5.41, 5.74) is 0. The molecule has 0 fully saturated rings. The monoisotopic (exact) mass is 914 g/mol. The summed E-state index contributed by atoms with van der Waals surface area (Å²) in [6.45, 7) is 4.89. The summed E-state index contributed by atoms with van der Waals surface area (Å²) in [6, 6.07) is -0.586. The zero-order valence-electron chi connectivity index (χ0n) is 43.5. The van der Waals surface area contributed by atoms with E-state index in [1.54, 1.807) is 0 Å². The Morgan fingerprint density at radius 1 is 0.431 bits per heavy atom. The van der Waals surface area contributed by atoms with E-state index in [0.29, 0.717) is 32.3 Å². The van der Waals surface area contributed by atoms with Gasteiger partial charge in [0.25, 0.3) is 0 Å². The highest BCUT2D eigenvalue weighted by molar-refractivity contribution is 5.76. The number of ether oxygens (including phenoxy) is 1. The number of rotatable bonds is 53. The molecule has 0 aliphatic carbocycles. The van der Waals surface area contributed by atoms with Gasteiger partial charge in [-0.05, 0) is 70.6 Å². The minimum atomic E-state index is -0.699. The van der Waals surface area contributed by atoms with E-state index in [9.17, 15) is 19.8 Å². The number of unbranched alkanes of at least 4 members (excludes halogenated alkanes) is 36. The SMILES string of the molecule is CCCCCCCC/C=C\CCCCCCCCCCCC(=O)OCCCCCCCC/C=C\C/C=C\CCC(=O)NC(CO)C(O)CCCCCCCCCCCCCCCCCC. The predicted octanol–water partition coefficient (Wildman–Crippen LogP) is 17.6. The van der Waals surface area contributed by atoms with E-state index >= 15 is 0 Å². The number of carbonyl (C=O) groups excluding carboxylic acids is 2. The van der Waals surface area contributed by atoms with Crippen molar-refractivity contribution in [2.45, 2.75) is 315 Å². The fraction of sp³-hybridized carbons (Fsp3) is 0.864. The third-order valence-electron chi connectivity index (χ3n) is 13.2. The zero-order valence-corrected chi connectivity index (χ0v) is 43.5. The molecule has 0 bridgehead atoms. The van der Waals surface area contributed by atoms with Gasteiger partial charge in [-0.3, -0.25) is 9.59 Å². The second-order valence-corrected chi connectivity index (χ2v) is 19.6. The third-order valence-corrected chi connectivity index (χ3v) is 13.2. The topological polar surface area (TPSA) is 95.9 Å². The van der Waals surface area contributed by atoms with Crippen LogP contribution in [0.2, 0.25) is 0 Å². The van der Waals surface area contributed by atoms with Crippen molar-refractivity contribution in [2.75, 3.05) is 13.2 Å². The molecule has 0 saturated heterocycles. The van der Waals surface area contributed by atoms with E-state index in [0.717, 1.165) is 51.4 Å². The van der Waals surface area contributed by atoms with Gasteiger partial charge in [0.15, 0.2) is 0 Å². The first-order valence-electron chi connectivity index (χ1n) is 28.7. The molecule has 3 N–H and O–H groups in total. The van der Waals surface area contributed by atoms with Crippen LogP contribution in [0.25, 0.3) is 0 Å². The van der Waals surface area contributed by atoms with Gasteiger partial charge in [0.2, 0.25) is 5.91 Å². The van der Waals surface area contributed by atoms with Crippen LogP contribution in [0.5, 0.6) is 0 Å². The van der Waals surface area contributed by atoms with Crippen LogP contribution < -0.4 is 5.32 Å². The fourth-order valence-corrected chi connectivity index (χ4v) is 8.74. The lowest BCUT2D eigenvalue weighted by molar-refractivity contribution is -0.143. The Balaban J connectivity index is 3.52. The van der Waals surface area contributed by atoms with Crippen molar-refractivity contribution in [3.05, 3.63) is 36.5 Å². The van der Waals surface area contributed by atoms with E-state index < -0.39 is 12.1 Å². The molecule has 0 aliphatic rings. The number of carbonyl (C=O) groups is 2. The van der Waals surface area contributed by atoms with Gasteiger partial charge < -0.3 is 20.3 Å². The molecule has 0 aromatic rings. The molecule has 0 spiro atoms. The van der Waals surface area contributed by atoms with Crippen LogP contribution in [0.4, 0.5) is 0 Å². The molecular formula is C59H111NO5. The number of nitrogens with one attached hydrogen (secondary N) is 1. The first-order valence-corrected chi connectivity index (χ1v) is 28.7. The van der Waals surface area contributed by atoms with Gasteiger partial charge >= 0.3 is 5.97 Å². The first-order chi connectivity index (χ1) is 32.0. The summed E-state index contributed by atoms with van der Waals surface area (Å²) in [4.78, 5) is 24.5. The smallest absolute Gasteiger partial charge is 0.305 e. The lowest BCUT2D eigenvalue weighted by Crippen LogP contribution is -2.45. The molecule has 0 radical (unpaired) electrons. The molecule has 0 saturated carbocycles. The molecule has 2 unspecified atom stereocenters. The molecule has 0 heterocycles. The van der Waals surface area contributed by atoms with Crippen molar-refractivity contribution in [1.82, 2.24) is 5.32 Å². The third kappa shape index (κ3) is 51.3. The van der Waals surface area contributed by atoms with Crippen LogP contribution in [0.1, 0.15) is 303 Å². The number of hydrogen-bond donors (Lipinski definition) is 3. The maximum Gasteiger partial charge on any atom is 0.305 e. The van der Waals surface area contributed by atoms with Crippen molar-refractivity contribution in [3.63, 3.8) is 0 Å². The molecule has 0 rings (SSSR count). The number of esters is 1. The minimum Gasteiger partial charge on any atom is -0.466 e. The van der Waals surface area contributed by atoms with Crippen molar-refractivity contribution in [2.24, 2.45) is 0 Å². The van der Waals surface area contributed by atoms with Gasteiger partial charge in [0.05, 0.1) is 25.4 Å². The number of allylic oxidation sites excluding steroid dienone is 6. The van der Waals surface area contributed by atoms with Crippen LogP contribution in [-0.2, 0) is 14.3 Å². The van der Waals surface area contributed by atoms with E-state index in [4.69, 9.17) is 4.74 Å². The Morgan fingerprint density at radius 2 is 0.785 bits per heavy atom. The summed E-state index contributed by atoms with van der Waals surface area (Å²) in [6.07, 6.45) is 67.1. The van der Waals surface area contributed by atoms with Crippen LogP contribution in [0, 0.1) is 0 Å². The van der Waals surface area contributed by atoms with Crippen molar-refractivity contribution < 1.29 is 24.5 Å². The Bertz CT molecular complexity index is 1060. The summed E-state index contributed by atoms with van der Waals surface area (Å²) in [5.74, 6) is -0.132. The summed E-state index contributed by atoms with van der Waals surface area (Å²) < 4.78 is 5.47. The average Bonchev–Trinajstić information content (AvgIpc) is 3.31. The van der Waals surface area contributed by atoms with Crippen molar-refractivity contribution >= 4 is 11.9 Å². The van der Waals surface area contributed by atoms with Gasteiger partial charge in [-0.15, -0.1) is 0 Å². The fourth-order valence-electron chi connectivity index (χ4n) is 8.74.